The molecule has 2 rings (SSSR count). The minimum absolute atomic E-state index is 0.638. The lowest BCUT2D eigenvalue weighted by molar-refractivity contribution is 0.416. The van der Waals surface area contributed by atoms with Gasteiger partial charge < -0.3 is 10.1 Å². The van der Waals surface area contributed by atoms with Crippen molar-refractivity contribution >= 4 is 0 Å². The van der Waals surface area contributed by atoms with E-state index in [1.165, 1.54) is 5.56 Å². The molecular formula is C18H20N2O. The van der Waals surface area contributed by atoms with Crippen molar-refractivity contribution in [3.05, 3.63) is 53.6 Å². The molecule has 0 aromatic heterocycles. The van der Waals surface area contributed by atoms with Gasteiger partial charge in [-0.15, -0.1) is 0 Å². The molecule has 0 heterocycles. The van der Waals surface area contributed by atoms with Gasteiger partial charge in [-0.05, 0) is 42.3 Å². The van der Waals surface area contributed by atoms with Gasteiger partial charge in [-0.25, -0.2) is 0 Å². The Balaban J connectivity index is 2.24. The van der Waals surface area contributed by atoms with Crippen LogP contribution < -0.4 is 10.1 Å². The molecule has 0 unspecified atom stereocenters. The van der Waals surface area contributed by atoms with Crippen molar-refractivity contribution in [2.45, 2.75) is 19.9 Å². The number of hydrogen-bond donors (Lipinski definition) is 1. The van der Waals surface area contributed by atoms with Crippen LogP contribution >= 0.6 is 0 Å². The predicted molar refractivity (Wildman–Crippen MR) is 85.1 cm³/mol. The molecule has 108 valence electrons. The highest BCUT2D eigenvalue weighted by molar-refractivity contribution is 5.72. The summed E-state index contributed by atoms with van der Waals surface area (Å²) in [6, 6.07) is 16.0. The zero-order valence-electron chi connectivity index (χ0n) is 12.5. The molecule has 0 bridgehead atoms. The lowest BCUT2D eigenvalue weighted by Gasteiger charge is -2.10. The lowest BCUT2D eigenvalue weighted by Crippen LogP contribution is -2.13. The van der Waals surface area contributed by atoms with Crippen LogP contribution in [0, 0.1) is 11.3 Å². The largest absolute Gasteiger partial charge is 0.496 e. The van der Waals surface area contributed by atoms with Crippen molar-refractivity contribution in [3.8, 4) is 22.9 Å². The fourth-order valence-corrected chi connectivity index (χ4v) is 2.21. The highest BCUT2D eigenvalue weighted by Crippen LogP contribution is 2.30. The van der Waals surface area contributed by atoms with E-state index in [-0.39, 0.29) is 0 Å². The number of ether oxygens (including phenoxy) is 1. The third-order valence-corrected chi connectivity index (χ3v) is 3.35. The lowest BCUT2D eigenvalue weighted by atomic mass is 10.0. The zero-order valence-corrected chi connectivity index (χ0v) is 12.5. The smallest absolute Gasteiger partial charge is 0.126 e. The minimum atomic E-state index is 0.638. The highest BCUT2D eigenvalue weighted by Gasteiger charge is 2.07. The fraction of sp³-hybridized carbons (Fsp3) is 0.278. The van der Waals surface area contributed by atoms with E-state index in [1.54, 1.807) is 13.2 Å². The van der Waals surface area contributed by atoms with Gasteiger partial charge in [0.1, 0.15) is 5.75 Å². The third-order valence-electron chi connectivity index (χ3n) is 3.35. The Morgan fingerprint density at radius 2 is 1.90 bits per heavy atom. The molecule has 21 heavy (non-hydrogen) atoms. The normalized spacial score (nSPS) is 10.1. The standard InChI is InChI=1S/C18H20N2O/c1-3-10-20-13-14-4-7-16(8-5-14)17-11-15(12-19)6-9-18(17)21-2/h4-9,11,20H,3,10,13H2,1-2H3. The molecular weight excluding hydrogens is 260 g/mol. The van der Waals surface area contributed by atoms with Crippen molar-refractivity contribution in [1.29, 1.82) is 5.26 Å². The summed E-state index contributed by atoms with van der Waals surface area (Å²) in [5, 5.41) is 12.4. The molecule has 0 radical (unpaired) electrons. The van der Waals surface area contributed by atoms with Crippen LogP contribution in [0.1, 0.15) is 24.5 Å². The first kappa shape index (κ1) is 15.1. The Morgan fingerprint density at radius 1 is 1.14 bits per heavy atom. The minimum Gasteiger partial charge on any atom is -0.496 e. The van der Waals surface area contributed by atoms with Crippen LogP contribution in [0.5, 0.6) is 5.75 Å². The number of nitrogens with zero attached hydrogens (tertiary/aromatic N) is 1. The Kier molecular flexibility index (Phi) is 5.36. The maximum atomic E-state index is 9.04. The maximum Gasteiger partial charge on any atom is 0.126 e. The van der Waals surface area contributed by atoms with Gasteiger partial charge in [-0.1, -0.05) is 31.2 Å². The summed E-state index contributed by atoms with van der Waals surface area (Å²) in [6.45, 7) is 4.06. The fourth-order valence-electron chi connectivity index (χ4n) is 2.21. The van der Waals surface area contributed by atoms with E-state index < -0.39 is 0 Å². The molecule has 2 aromatic carbocycles. The molecule has 2 aromatic rings. The Hall–Kier alpha value is -2.31. The molecule has 0 atom stereocenters. The van der Waals surface area contributed by atoms with E-state index in [0.717, 1.165) is 36.4 Å². The highest BCUT2D eigenvalue weighted by atomic mass is 16.5. The number of rotatable bonds is 6. The summed E-state index contributed by atoms with van der Waals surface area (Å²) in [4.78, 5) is 0. The van der Waals surface area contributed by atoms with Gasteiger partial charge in [0.2, 0.25) is 0 Å². The van der Waals surface area contributed by atoms with Gasteiger partial charge in [-0.2, -0.15) is 5.26 Å². The van der Waals surface area contributed by atoms with E-state index >= 15 is 0 Å². The van der Waals surface area contributed by atoms with Crippen molar-refractivity contribution < 1.29 is 4.74 Å². The molecule has 0 fully saturated rings. The molecule has 1 N–H and O–H groups in total. The van der Waals surface area contributed by atoms with Crippen molar-refractivity contribution in [3.63, 3.8) is 0 Å². The van der Waals surface area contributed by atoms with Crippen LogP contribution in [0.25, 0.3) is 11.1 Å². The van der Waals surface area contributed by atoms with Crippen molar-refractivity contribution in [1.82, 2.24) is 5.32 Å². The number of benzene rings is 2. The summed E-state index contributed by atoms with van der Waals surface area (Å²) in [5.74, 6) is 0.783. The van der Waals surface area contributed by atoms with Gasteiger partial charge >= 0.3 is 0 Å². The van der Waals surface area contributed by atoms with E-state index in [0.29, 0.717) is 5.56 Å². The Labute approximate surface area is 126 Å². The topological polar surface area (TPSA) is 45.0 Å². The maximum absolute atomic E-state index is 9.04. The van der Waals surface area contributed by atoms with E-state index in [9.17, 15) is 0 Å². The molecule has 0 aliphatic heterocycles. The second-order valence-corrected chi connectivity index (χ2v) is 4.90. The average molecular weight is 280 g/mol. The Morgan fingerprint density at radius 3 is 2.52 bits per heavy atom. The number of nitriles is 1. The number of methoxy groups -OCH3 is 1. The third kappa shape index (κ3) is 3.84. The summed E-state index contributed by atoms with van der Waals surface area (Å²) < 4.78 is 5.39. The summed E-state index contributed by atoms with van der Waals surface area (Å²) >= 11 is 0. The number of nitrogens with one attached hydrogen (secondary N) is 1. The zero-order chi connectivity index (χ0) is 15.1. The van der Waals surface area contributed by atoms with Crippen LogP contribution in [-0.2, 0) is 6.54 Å². The molecule has 0 amide bonds. The molecule has 3 heteroatoms. The van der Waals surface area contributed by atoms with E-state index in [4.69, 9.17) is 10.00 Å². The first-order chi connectivity index (χ1) is 10.3. The molecule has 0 saturated carbocycles. The van der Waals surface area contributed by atoms with Crippen molar-refractivity contribution in [2.24, 2.45) is 0 Å². The van der Waals surface area contributed by atoms with Crippen LogP contribution in [0.4, 0.5) is 0 Å². The summed E-state index contributed by atoms with van der Waals surface area (Å²) in [5.41, 5.74) is 3.90. The van der Waals surface area contributed by atoms with E-state index in [2.05, 4.69) is 42.6 Å². The van der Waals surface area contributed by atoms with Gasteiger partial charge in [0, 0.05) is 12.1 Å². The second kappa shape index (κ2) is 7.47. The molecule has 3 nitrogen and oxygen atoms in total. The van der Waals surface area contributed by atoms with Gasteiger partial charge in [0.05, 0.1) is 18.7 Å². The summed E-state index contributed by atoms with van der Waals surface area (Å²) in [7, 11) is 1.65. The molecule has 0 aliphatic carbocycles. The van der Waals surface area contributed by atoms with Crippen molar-refractivity contribution in [2.75, 3.05) is 13.7 Å². The van der Waals surface area contributed by atoms with Crippen LogP contribution in [-0.4, -0.2) is 13.7 Å². The summed E-state index contributed by atoms with van der Waals surface area (Å²) in [6.07, 6.45) is 1.14. The van der Waals surface area contributed by atoms with Gasteiger partial charge in [0.25, 0.3) is 0 Å². The van der Waals surface area contributed by atoms with Gasteiger partial charge in [0.15, 0.2) is 0 Å². The molecule has 0 spiro atoms. The Bertz CT molecular complexity index is 627. The quantitative estimate of drug-likeness (QED) is 0.820. The average Bonchev–Trinajstić information content (AvgIpc) is 2.55. The van der Waals surface area contributed by atoms with Crippen LogP contribution in [0.3, 0.4) is 0 Å². The predicted octanol–water partition coefficient (Wildman–Crippen LogP) is 3.73. The second-order valence-electron chi connectivity index (χ2n) is 4.90. The van der Waals surface area contributed by atoms with Crippen LogP contribution in [0.2, 0.25) is 0 Å². The molecule has 0 aliphatic rings. The van der Waals surface area contributed by atoms with E-state index in [1.807, 2.05) is 12.1 Å². The van der Waals surface area contributed by atoms with Crippen LogP contribution in [0.15, 0.2) is 42.5 Å². The molecule has 0 saturated heterocycles. The number of hydrogen-bond acceptors (Lipinski definition) is 3. The first-order valence-corrected chi connectivity index (χ1v) is 7.16. The first-order valence-electron chi connectivity index (χ1n) is 7.16. The monoisotopic (exact) mass is 280 g/mol. The SMILES string of the molecule is CCCNCc1ccc(-c2cc(C#N)ccc2OC)cc1. The van der Waals surface area contributed by atoms with Gasteiger partial charge in [-0.3, -0.25) is 0 Å².